The predicted octanol–water partition coefficient (Wildman–Crippen LogP) is 3.57. The molecule has 4 rings (SSSR count). The highest BCUT2D eigenvalue weighted by atomic mass is 19.1. The number of aromatic nitrogens is 2. The van der Waals surface area contributed by atoms with Gasteiger partial charge in [0.1, 0.15) is 17.4 Å². The van der Waals surface area contributed by atoms with Gasteiger partial charge in [0.15, 0.2) is 12.4 Å². The minimum absolute atomic E-state index is 0.143. The second-order valence-electron chi connectivity index (χ2n) is 7.61. The van der Waals surface area contributed by atoms with E-state index in [-0.39, 0.29) is 29.9 Å². The normalized spacial score (nSPS) is 12.8. The summed E-state index contributed by atoms with van der Waals surface area (Å²) < 4.78 is 20.1. The molecule has 1 aliphatic carbocycles. The summed E-state index contributed by atoms with van der Waals surface area (Å²) >= 11 is 0. The fraction of sp³-hybridized carbons (Fsp3) is 0.217. The Kier molecular flexibility index (Phi) is 5.98. The smallest absolute Gasteiger partial charge is 0.258 e. The maximum absolute atomic E-state index is 14.6. The lowest BCUT2D eigenvalue weighted by Gasteiger charge is -2.12. The summed E-state index contributed by atoms with van der Waals surface area (Å²) in [5.41, 5.74) is 8.51. The number of carbonyl (C=O) groups excluding carboxylic acids is 1. The van der Waals surface area contributed by atoms with Crippen LogP contribution in [0.25, 0.3) is 11.4 Å². The number of amides is 1. The summed E-state index contributed by atoms with van der Waals surface area (Å²) in [6, 6.07) is 9.64. The van der Waals surface area contributed by atoms with Crippen LogP contribution in [0.3, 0.4) is 0 Å². The van der Waals surface area contributed by atoms with Crippen molar-refractivity contribution in [1.29, 1.82) is 5.41 Å². The first-order valence-electron chi connectivity index (χ1n) is 10.2. The van der Waals surface area contributed by atoms with E-state index in [4.69, 9.17) is 15.9 Å². The van der Waals surface area contributed by atoms with E-state index in [1.54, 1.807) is 24.4 Å². The Bertz CT molecular complexity index is 1180. The largest absolute Gasteiger partial charge is 0.484 e. The Hall–Kier alpha value is -4.01. The molecule has 0 radical (unpaired) electrons. The predicted molar refractivity (Wildman–Crippen MR) is 121 cm³/mol. The van der Waals surface area contributed by atoms with Gasteiger partial charge in [0.2, 0.25) is 0 Å². The molecule has 1 aromatic heterocycles. The van der Waals surface area contributed by atoms with Crippen LogP contribution in [0.4, 0.5) is 21.6 Å². The van der Waals surface area contributed by atoms with Gasteiger partial charge in [0, 0.05) is 41.0 Å². The molecule has 9 heteroatoms. The number of halogens is 1. The lowest BCUT2D eigenvalue weighted by Crippen LogP contribution is -2.30. The summed E-state index contributed by atoms with van der Waals surface area (Å²) in [6.45, 7) is 1.69. The van der Waals surface area contributed by atoms with Crippen molar-refractivity contribution in [2.75, 3.05) is 17.7 Å². The number of nitrogen functional groups attached to an aromatic ring is 1. The van der Waals surface area contributed by atoms with Crippen LogP contribution in [0, 0.1) is 18.2 Å². The van der Waals surface area contributed by atoms with Gasteiger partial charge in [-0.25, -0.2) is 14.4 Å². The highest BCUT2D eigenvalue weighted by molar-refractivity contribution is 5.87. The van der Waals surface area contributed by atoms with E-state index < -0.39 is 5.82 Å². The van der Waals surface area contributed by atoms with Crippen LogP contribution in [0.5, 0.6) is 5.75 Å². The number of carbonyl (C=O) groups is 1. The van der Waals surface area contributed by atoms with Gasteiger partial charge >= 0.3 is 0 Å². The molecule has 0 spiro atoms. The van der Waals surface area contributed by atoms with E-state index >= 15 is 0 Å². The minimum Gasteiger partial charge on any atom is -0.484 e. The number of hydrogen-bond acceptors (Lipinski definition) is 7. The molecule has 164 valence electrons. The molecule has 5 N–H and O–H groups in total. The quantitative estimate of drug-likeness (QED) is 0.317. The zero-order valence-electron chi connectivity index (χ0n) is 17.5. The van der Waals surface area contributed by atoms with Crippen LogP contribution in [-0.2, 0) is 4.79 Å². The lowest BCUT2D eigenvalue weighted by atomic mass is 10.1. The van der Waals surface area contributed by atoms with Crippen molar-refractivity contribution < 1.29 is 13.9 Å². The van der Waals surface area contributed by atoms with E-state index in [9.17, 15) is 9.18 Å². The first-order valence-corrected chi connectivity index (χ1v) is 10.2. The maximum Gasteiger partial charge on any atom is 0.258 e. The Morgan fingerprint density at radius 1 is 1.31 bits per heavy atom. The standard InChI is InChI=1S/C23H23FN6O2/c1-13-11-27-23(30-22(13)29-16-4-7-20(26)14(8-16)10-25)18-9-17(5-6-19(18)24)32-12-21(31)28-15-2-3-15/h4-11,15,25H,2-3,12,26H2,1H3,(H,28,31)(H,27,29,30). The Morgan fingerprint density at radius 2 is 2.12 bits per heavy atom. The summed E-state index contributed by atoms with van der Waals surface area (Å²) in [5.74, 6) is 0.300. The fourth-order valence-electron chi connectivity index (χ4n) is 3.02. The first kappa shape index (κ1) is 21.2. The van der Waals surface area contributed by atoms with Gasteiger partial charge in [0.25, 0.3) is 5.91 Å². The number of hydrogen-bond donors (Lipinski definition) is 4. The summed E-state index contributed by atoms with van der Waals surface area (Å²) in [7, 11) is 0. The molecule has 0 unspecified atom stereocenters. The maximum atomic E-state index is 14.6. The molecular weight excluding hydrogens is 411 g/mol. The van der Waals surface area contributed by atoms with Crippen molar-refractivity contribution in [2.24, 2.45) is 0 Å². The molecule has 1 fully saturated rings. The van der Waals surface area contributed by atoms with Gasteiger partial charge in [-0.05, 0) is 56.2 Å². The Morgan fingerprint density at radius 3 is 2.88 bits per heavy atom. The Balaban J connectivity index is 1.55. The molecule has 0 atom stereocenters. The van der Waals surface area contributed by atoms with Gasteiger partial charge in [-0.1, -0.05) is 0 Å². The number of nitrogens with two attached hydrogens (primary N) is 1. The van der Waals surface area contributed by atoms with Crippen molar-refractivity contribution in [3.05, 3.63) is 59.5 Å². The number of aryl methyl sites for hydroxylation is 1. The van der Waals surface area contributed by atoms with Gasteiger partial charge in [0.05, 0.1) is 5.56 Å². The molecule has 1 heterocycles. The van der Waals surface area contributed by atoms with E-state index in [1.807, 2.05) is 6.92 Å². The lowest BCUT2D eigenvalue weighted by molar-refractivity contribution is -0.123. The zero-order valence-corrected chi connectivity index (χ0v) is 17.5. The highest BCUT2D eigenvalue weighted by Gasteiger charge is 2.23. The third kappa shape index (κ3) is 5.00. The second kappa shape index (κ2) is 9.01. The molecular formula is C23H23FN6O2. The van der Waals surface area contributed by atoms with Crippen LogP contribution < -0.4 is 21.1 Å². The summed E-state index contributed by atoms with van der Waals surface area (Å²) in [5, 5.41) is 13.5. The molecule has 1 amide bonds. The zero-order chi connectivity index (χ0) is 22.7. The van der Waals surface area contributed by atoms with E-state index in [2.05, 4.69) is 20.6 Å². The van der Waals surface area contributed by atoms with Crippen LogP contribution in [0.2, 0.25) is 0 Å². The summed E-state index contributed by atoms with van der Waals surface area (Å²) in [6.07, 6.45) is 4.75. The molecule has 0 aliphatic heterocycles. The van der Waals surface area contributed by atoms with Crippen molar-refractivity contribution in [2.45, 2.75) is 25.8 Å². The number of ether oxygens (including phenoxy) is 1. The van der Waals surface area contributed by atoms with Crippen molar-refractivity contribution in [1.82, 2.24) is 15.3 Å². The summed E-state index contributed by atoms with van der Waals surface area (Å²) in [4.78, 5) is 20.6. The number of benzene rings is 2. The third-order valence-corrected chi connectivity index (χ3v) is 4.97. The number of rotatable bonds is 8. The van der Waals surface area contributed by atoms with Crippen molar-refractivity contribution >= 4 is 29.3 Å². The van der Waals surface area contributed by atoms with E-state index in [0.717, 1.165) is 18.4 Å². The van der Waals surface area contributed by atoms with Crippen LogP contribution >= 0.6 is 0 Å². The molecule has 2 aromatic carbocycles. The van der Waals surface area contributed by atoms with Gasteiger partial charge in [-0.2, -0.15) is 0 Å². The topological polar surface area (TPSA) is 126 Å². The number of anilines is 3. The van der Waals surface area contributed by atoms with Gasteiger partial charge in [-0.3, -0.25) is 4.79 Å². The van der Waals surface area contributed by atoms with Gasteiger partial charge in [-0.15, -0.1) is 0 Å². The first-order chi connectivity index (χ1) is 15.4. The number of nitrogens with one attached hydrogen (secondary N) is 3. The molecule has 0 saturated heterocycles. The average Bonchev–Trinajstić information content (AvgIpc) is 3.60. The van der Waals surface area contributed by atoms with E-state index in [0.29, 0.717) is 28.5 Å². The van der Waals surface area contributed by atoms with Crippen LogP contribution in [-0.4, -0.2) is 34.7 Å². The molecule has 1 aliphatic rings. The molecule has 0 bridgehead atoms. The minimum atomic E-state index is -0.506. The monoisotopic (exact) mass is 434 g/mol. The second-order valence-corrected chi connectivity index (χ2v) is 7.61. The molecule has 3 aromatic rings. The molecule has 32 heavy (non-hydrogen) atoms. The average molecular weight is 434 g/mol. The fourth-order valence-corrected chi connectivity index (χ4v) is 3.02. The Labute approximate surface area is 184 Å². The van der Waals surface area contributed by atoms with Crippen molar-refractivity contribution in [3.8, 4) is 17.1 Å². The van der Waals surface area contributed by atoms with Crippen LogP contribution in [0.1, 0.15) is 24.0 Å². The van der Waals surface area contributed by atoms with E-state index in [1.165, 1.54) is 24.4 Å². The third-order valence-electron chi connectivity index (χ3n) is 4.97. The molecule has 8 nitrogen and oxygen atoms in total. The number of nitrogens with zero attached hydrogens (tertiary/aromatic N) is 2. The van der Waals surface area contributed by atoms with Crippen LogP contribution in [0.15, 0.2) is 42.6 Å². The SMILES string of the molecule is Cc1cnc(-c2cc(OCC(=O)NC3CC3)ccc2F)nc1Nc1ccc(N)c(C=N)c1. The highest BCUT2D eigenvalue weighted by Crippen LogP contribution is 2.28. The molecule has 1 saturated carbocycles. The van der Waals surface area contributed by atoms with Gasteiger partial charge < -0.3 is 26.5 Å². The van der Waals surface area contributed by atoms with Crippen molar-refractivity contribution in [3.63, 3.8) is 0 Å².